The highest BCUT2D eigenvalue weighted by atomic mass is 14.7. The van der Waals surface area contributed by atoms with E-state index in [0.717, 1.165) is 0 Å². The molecular formula is C13H19N. The van der Waals surface area contributed by atoms with Gasteiger partial charge in [-0.05, 0) is 38.8 Å². The second-order valence-electron chi connectivity index (χ2n) is 4.01. The SMILES string of the molecule is C/C=C(C)\C(C)=C1\C=CC=CC1(C)N. The molecule has 1 rings (SSSR count). The van der Waals surface area contributed by atoms with Crippen LogP contribution in [0.15, 0.2) is 47.1 Å². The van der Waals surface area contributed by atoms with Gasteiger partial charge in [-0.25, -0.2) is 0 Å². The predicted octanol–water partition coefficient (Wildman–Crippen LogP) is 3.11. The minimum absolute atomic E-state index is 0.330. The van der Waals surface area contributed by atoms with Crippen LogP contribution in [0.3, 0.4) is 0 Å². The van der Waals surface area contributed by atoms with E-state index in [1.165, 1.54) is 16.7 Å². The number of hydrogen-bond acceptors (Lipinski definition) is 1. The van der Waals surface area contributed by atoms with Crippen molar-refractivity contribution in [3.63, 3.8) is 0 Å². The van der Waals surface area contributed by atoms with Crippen molar-refractivity contribution in [2.45, 2.75) is 33.2 Å². The van der Waals surface area contributed by atoms with Crippen LogP contribution in [0.1, 0.15) is 27.7 Å². The van der Waals surface area contributed by atoms with Gasteiger partial charge in [0.2, 0.25) is 0 Å². The highest BCUT2D eigenvalue weighted by Gasteiger charge is 2.22. The van der Waals surface area contributed by atoms with Crippen molar-refractivity contribution in [1.82, 2.24) is 0 Å². The molecule has 0 amide bonds. The van der Waals surface area contributed by atoms with Crippen molar-refractivity contribution in [2.75, 3.05) is 0 Å². The summed E-state index contributed by atoms with van der Waals surface area (Å²) in [5.41, 5.74) is 9.63. The lowest BCUT2D eigenvalue weighted by molar-refractivity contribution is 0.691. The Morgan fingerprint density at radius 3 is 2.50 bits per heavy atom. The highest BCUT2D eigenvalue weighted by Crippen LogP contribution is 2.27. The van der Waals surface area contributed by atoms with Gasteiger partial charge in [-0.15, -0.1) is 0 Å². The summed E-state index contributed by atoms with van der Waals surface area (Å²) >= 11 is 0. The van der Waals surface area contributed by atoms with Gasteiger partial charge < -0.3 is 5.73 Å². The summed E-state index contributed by atoms with van der Waals surface area (Å²) in [6, 6.07) is 0. The average molecular weight is 189 g/mol. The van der Waals surface area contributed by atoms with Crippen LogP contribution in [0.5, 0.6) is 0 Å². The summed E-state index contributed by atoms with van der Waals surface area (Å²) < 4.78 is 0. The Kier molecular flexibility index (Phi) is 3.12. The summed E-state index contributed by atoms with van der Waals surface area (Å²) in [6.07, 6.45) is 10.3. The minimum atomic E-state index is -0.330. The van der Waals surface area contributed by atoms with E-state index in [9.17, 15) is 0 Å². The van der Waals surface area contributed by atoms with Crippen LogP contribution < -0.4 is 5.73 Å². The van der Waals surface area contributed by atoms with Crippen molar-refractivity contribution >= 4 is 0 Å². The average Bonchev–Trinajstić information content (AvgIpc) is 2.15. The Labute approximate surface area is 86.7 Å². The molecule has 1 unspecified atom stereocenters. The van der Waals surface area contributed by atoms with E-state index in [1.807, 2.05) is 25.2 Å². The van der Waals surface area contributed by atoms with Crippen LogP contribution >= 0.6 is 0 Å². The van der Waals surface area contributed by atoms with E-state index in [-0.39, 0.29) is 5.54 Å². The summed E-state index contributed by atoms with van der Waals surface area (Å²) in [7, 11) is 0. The maximum absolute atomic E-state index is 6.19. The van der Waals surface area contributed by atoms with Crippen molar-refractivity contribution in [2.24, 2.45) is 5.73 Å². The Balaban J connectivity index is 3.20. The van der Waals surface area contributed by atoms with E-state index >= 15 is 0 Å². The van der Waals surface area contributed by atoms with E-state index in [1.54, 1.807) is 0 Å². The molecule has 0 heterocycles. The lowest BCUT2D eigenvalue weighted by Crippen LogP contribution is -2.37. The summed E-state index contributed by atoms with van der Waals surface area (Å²) in [6.45, 7) is 8.33. The third kappa shape index (κ3) is 2.05. The Morgan fingerprint density at radius 1 is 1.36 bits per heavy atom. The molecule has 0 spiro atoms. The van der Waals surface area contributed by atoms with Crippen LogP contribution in [0.2, 0.25) is 0 Å². The first-order valence-corrected chi connectivity index (χ1v) is 4.98. The number of nitrogens with two attached hydrogens (primary N) is 1. The van der Waals surface area contributed by atoms with Crippen LogP contribution in [0.4, 0.5) is 0 Å². The maximum Gasteiger partial charge on any atom is 0.0572 e. The molecule has 0 bridgehead atoms. The van der Waals surface area contributed by atoms with Gasteiger partial charge >= 0.3 is 0 Å². The first-order chi connectivity index (χ1) is 6.49. The molecule has 0 aromatic heterocycles. The van der Waals surface area contributed by atoms with Gasteiger partial charge in [0.05, 0.1) is 5.54 Å². The molecule has 1 aliphatic carbocycles. The van der Waals surface area contributed by atoms with Crippen molar-refractivity contribution < 1.29 is 0 Å². The highest BCUT2D eigenvalue weighted by molar-refractivity contribution is 5.49. The zero-order valence-electron chi connectivity index (χ0n) is 9.46. The summed E-state index contributed by atoms with van der Waals surface area (Å²) in [5, 5.41) is 0. The van der Waals surface area contributed by atoms with Gasteiger partial charge in [-0.2, -0.15) is 0 Å². The number of hydrogen-bond donors (Lipinski definition) is 1. The lowest BCUT2D eigenvalue weighted by Gasteiger charge is -2.27. The van der Waals surface area contributed by atoms with Gasteiger partial charge in [-0.3, -0.25) is 0 Å². The molecule has 0 aromatic rings. The molecule has 0 saturated heterocycles. The molecule has 0 radical (unpaired) electrons. The maximum atomic E-state index is 6.19. The predicted molar refractivity (Wildman–Crippen MR) is 63.0 cm³/mol. The molecule has 0 saturated carbocycles. The smallest absolute Gasteiger partial charge is 0.0572 e. The van der Waals surface area contributed by atoms with Crippen LogP contribution in [0, 0.1) is 0 Å². The molecule has 1 nitrogen and oxygen atoms in total. The Bertz CT molecular complexity index is 338. The summed E-state index contributed by atoms with van der Waals surface area (Å²) in [4.78, 5) is 0. The van der Waals surface area contributed by atoms with Crippen molar-refractivity contribution in [3.05, 3.63) is 47.1 Å². The Hall–Kier alpha value is -1.08. The Morgan fingerprint density at radius 2 is 2.00 bits per heavy atom. The van der Waals surface area contributed by atoms with Gasteiger partial charge in [0, 0.05) is 0 Å². The van der Waals surface area contributed by atoms with Crippen LogP contribution in [-0.2, 0) is 0 Å². The molecule has 76 valence electrons. The second-order valence-corrected chi connectivity index (χ2v) is 4.01. The third-order valence-corrected chi connectivity index (χ3v) is 2.83. The normalized spacial score (nSPS) is 30.8. The molecule has 1 aliphatic rings. The lowest BCUT2D eigenvalue weighted by atomic mass is 9.84. The monoisotopic (exact) mass is 189 g/mol. The third-order valence-electron chi connectivity index (χ3n) is 2.83. The quantitative estimate of drug-likeness (QED) is 0.674. The molecule has 1 heteroatoms. The van der Waals surface area contributed by atoms with Crippen LogP contribution in [0.25, 0.3) is 0 Å². The van der Waals surface area contributed by atoms with Gasteiger partial charge in [0.15, 0.2) is 0 Å². The summed E-state index contributed by atoms with van der Waals surface area (Å²) in [5.74, 6) is 0. The minimum Gasteiger partial charge on any atom is -0.318 e. The van der Waals surface area contributed by atoms with Crippen molar-refractivity contribution in [3.8, 4) is 0 Å². The fraction of sp³-hybridized carbons (Fsp3) is 0.385. The second kappa shape index (κ2) is 3.97. The standard InChI is InChI=1S/C13H19N/c1-5-10(2)11(3)12-8-6-7-9-13(12,4)14/h5-9H,14H2,1-4H3/b10-5-,12-11-. The van der Waals surface area contributed by atoms with Gasteiger partial charge in [0.1, 0.15) is 0 Å². The number of rotatable bonds is 1. The van der Waals surface area contributed by atoms with E-state index in [0.29, 0.717) is 0 Å². The first kappa shape index (κ1) is 11.0. The molecular weight excluding hydrogens is 170 g/mol. The van der Waals surface area contributed by atoms with Crippen LogP contribution in [-0.4, -0.2) is 5.54 Å². The van der Waals surface area contributed by atoms with E-state index in [2.05, 4.69) is 32.9 Å². The largest absolute Gasteiger partial charge is 0.318 e. The van der Waals surface area contributed by atoms with Crippen molar-refractivity contribution in [1.29, 1.82) is 0 Å². The fourth-order valence-electron chi connectivity index (χ4n) is 1.63. The molecule has 0 aliphatic heterocycles. The fourth-order valence-corrected chi connectivity index (χ4v) is 1.63. The molecule has 0 aromatic carbocycles. The first-order valence-electron chi connectivity index (χ1n) is 4.98. The molecule has 1 atom stereocenters. The molecule has 2 N–H and O–H groups in total. The zero-order chi connectivity index (χ0) is 10.8. The zero-order valence-corrected chi connectivity index (χ0v) is 9.46. The topological polar surface area (TPSA) is 26.0 Å². The van der Waals surface area contributed by atoms with Gasteiger partial charge in [0.25, 0.3) is 0 Å². The molecule has 0 fully saturated rings. The van der Waals surface area contributed by atoms with E-state index < -0.39 is 0 Å². The van der Waals surface area contributed by atoms with Gasteiger partial charge in [-0.1, -0.05) is 36.0 Å². The van der Waals surface area contributed by atoms with E-state index in [4.69, 9.17) is 5.73 Å². The number of allylic oxidation sites excluding steroid dienone is 5. The molecule has 14 heavy (non-hydrogen) atoms.